The van der Waals surface area contributed by atoms with E-state index in [1.807, 2.05) is 54.6 Å². The van der Waals surface area contributed by atoms with Crippen molar-refractivity contribution in [3.05, 3.63) is 72.4 Å². The number of pyridine rings is 1. The first-order valence-corrected chi connectivity index (χ1v) is 8.64. The molecule has 0 amide bonds. The molecule has 2 aromatic carbocycles. The smallest absolute Gasteiger partial charge is 0.276 e. The number of aromatic nitrogens is 3. The number of rotatable bonds is 4. The Bertz CT molecular complexity index is 1080. The first kappa shape index (κ1) is 15.6. The van der Waals surface area contributed by atoms with Crippen molar-refractivity contribution in [1.29, 1.82) is 0 Å². The Morgan fingerprint density at radius 3 is 2.70 bits per heavy atom. The van der Waals surface area contributed by atoms with E-state index < -0.39 is 0 Å². The maximum Gasteiger partial charge on any atom is 0.276 e. The van der Waals surface area contributed by atoms with Crippen LogP contribution in [0.4, 0.5) is 0 Å². The third-order valence-electron chi connectivity index (χ3n) is 4.31. The zero-order chi connectivity index (χ0) is 18.1. The summed E-state index contributed by atoms with van der Waals surface area (Å²) in [6.45, 7) is 0.720. The van der Waals surface area contributed by atoms with Gasteiger partial charge in [-0.15, -0.1) is 0 Å². The number of hydrogen-bond donors (Lipinski definition) is 0. The monoisotopic (exact) mass is 357 g/mol. The van der Waals surface area contributed by atoms with Crippen LogP contribution >= 0.6 is 0 Å². The molecule has 0 N–H and O–H groups in total. The van der Waals surface area contributed by atoms with Crippen LogP contribution in [-0.2, 0) is 6.42 Å². The number of hydrogen-bond acceptors (Lipinski definition) is 6. The Balaban J connectivity index is 1.36. The minimum absolute atomic E-state index is 0.369. The van der Waals surface area contributed by atoms with Crippen molar-refractivity contribution in [2.75, 3.05) is 6.61 Å². The number of benzene rings is 2. The summed E-state index contributed by atoms with van der Waals surface area (Å²) in [4.78, 5) is 8.84. The summed E-state index contributed by atoms with van der Waals surface area (Å²) < 4.78 is 16.7. The zero-order valence-corrected chi connectivity index (χ0v) is 14.3. The van der Waals surface area contributed by atoms with Gasteiger partial charge < -0.3 is 14.0 Å². The van der Waals surface area contributed by atoms with Gasteiger partial charge in [-0.2, -0.15) is 4.98 Å². The van der Waals surface area contributed by atoms with Crippen LogP contribution in [-0.4, -0.2) is 21.7 Å². The Kier molecular flexibility index (Phi) is 3.79. The van der Waals surface area contributed by atoms with E-state index in [0.29, 0.717) is 23.2 Å². The normalized spacial score (nSPS) is 12.4. The number of nitrogens with zero attached hydrogens (tertiary/aromatic N) is 3. The zero-order valence-electron chi connectivity index (χ0n) is 14.3. The summed E-state index contributed by atoms with van der Waals surface area (Å²) in [5, 5.41) is 4.08. The molecule has 3 heterocycles. The summed E-state index contributed by atoms with van der Waals surface area (Å²) >= 11 is 0. The molecule has 0 unspecified atom stereocenters. The maximum absolute atomic E-state index is 5.75. The molecule has 0 spiro atoms. The van der Waals surface area contributed by atoms with Crippen LogP contribution in [0.25, 0.3) is 23.0 Å². The predicted octanol–water partition coefficient (Wildman–Crippen LogP) is 4.53. The minimum atomic E-state index is 0.369. The molecular formula is C21H15N3O3. The second-order valence-electron chi connectivity index (χ2n) is 6.14. The van der Waals surface area contributed by atoms with E-state index in [1.54, 1.807) is 12.3 Å². The third-order valence-corrected chi connectivity index (χ3v) is 4.31. The SMILES string of the molecule is c1ccc(Oc2ccc(-c3nc(-c4ccc5c(c4)CCO5)no3)nc2)cc1. The van der Waals surface area contributed by atoms with Crippen LogP contribution in [0.1, 0.15) is 5.56 Å². The molecule has 0 aliphatic carbocycles. The standard InChI is InChI=1S/C21H15N3O3/c1-2-4-16(5-3-1)26-17-7-8-18(22-13-17)21-23-20(24-27-21)15-6-9-19-14(12-15)10-11-25-19/h1-9,12-13H,10-11H2. The molecular weight excluding hydrogens is 342 g/mol. The van der Waals surface area contributed by atoms with Gasteiger partial charge in [0.25, 0.3) is 5.89 Å². The summed E-state index contributed by atoms with van der Waals surface area (Å²) in [5.41, 5.74) is 2.66. The average molecular weight is 357 g/mol. The fraction of sp³-hybridized carbons (Fsp3) is 0.0952. The van der Waals surface area contributed by atoms with Crippen molar-refractivity contribution < 1.29 is 14.0 Å². The molecule has 0 saturated heterocycles. The molecule has 1 aliphatic rings. The quantitative estimate of drug-likeness (QED) is 0.534. The Morgan fingerprint density at radius 1 is 0.926 bits per heavy atom. The Morgan fingerprint density at radius 2 is 1.85 bits per heavy atom. The maximum atomic E-state index is 5.75. The van der Waals surface area contributed by atoms with Crippen molar-refractivity contribution in [2.45, 2.75) is 6.42 Å². The second-order valence-corrected chi connectivity index (χ2v) is 6.14. The van der Waals surface area contributed by atoms with Gasteiger partial charge in [0.15, 0.2) is 0 Å². The minimum Gasteiger partial charge on any atom is -0.493 e. The van der Waals surface area contributed by atoms with E-state index in [0.717, 1.165) is 30.1 Å². The van der Waals surface area contributed by atoms with Gasteiger partial charge in [0.05, 0.1) is 12.8 Å². The number of ether oxygens (including phenoxy) is 2. The van der Waals surface area contributed by atoms with Crippen molar-refractivity contribution in [3.63, 3.8) is 0 Å². The molecule has 132 valence electrons. The molecule has 6 heteroatoms. The molecule has 6 nitrogen and oxygen atoms in total. The number of fused-ring (bicyclic) bond motifs is 1. The van der Waals surface area contributed by atoms with Crippen molar-refractivity contribution in [3.8, 4) is 40.2 Å². The van der Waals surface area contributed by atoms with Crippen LogP contribution < -0.4 is 9.47 Å². The average Bonchev–Trinajstić information content (AvgIpc) is 3.38. The van der Waals surface area contributed by atoms with Crippen LogP contribution in [0.2, 0.25) is 0 Å². The van der Waals surface area contributed by atoms with Crippen LogP contribution in [0.5, 0.6) is 17.2 Å². The highest BCUT2D eigenvalue weighted by atomic mass is 16.5. The largest absolute Gasteiger partial charge is 0.493 e. The summed E-state index contributed by atoms with van der Waals surface area (Å²) in [6.07, 6.45) is 2.54. The first-order valence-electron chi connectivity index (χ1n) is 8.64. The molecule has 2 aromatic heterocycles. The summed E-state index contributed by atoms with van der Waals surface area (Å²) in [7, 11) is 0. The number of para-hydroxylation sites is 1. The van der Waals surface area contributed by atoms with Gasteiger partial charge in [-0.3, -0.25) is 0 Å². The van der Waals surface area contributed by atoms with E-state index in [1.165, 1.54) is 5.56 Å². The van der Waals surface area contributed by atoms with E-state index in [2.05, 4.69) is 15.1 Å². The van der Waals surface area contributed by atoms with Crippen LogP contribution in [0.15, 0.2) is 71.4 Å². The molecule has 5 rings (SSSR count). The summed E-state index contributed by atoms with van der Waals surface area (Å²) in [6, 6.07) is 19.1. The second kappa shape index (κ2) is 6.57. The molecule has 0 atom stereocenters. The Labute approximate surface area is 155 Å². The van der Waals surface area contributed by atoms with Gasteiger partial charge in [0.2, 0.25) is 5.82 Å². The van der Waals surface area contributed by atoms with Gasteiger partial charge >= 0.3 is 0 Å². The molecule has 4 aromatic rings. The van der Waals surface area contributed by atoms with Gasteiger partial charge in [0.1, 0.15) is 22.9 Å². The van der Waals surface area contributed by atoms with E-state index >= 15 is 0 Å². The van der Waals surface area contributed by atoms with E-state index in [4.69, 9.17) is 14.0 Å². The van der Waals surface area contributed by atoms with Gasteiger partial charge in [-0.25, -0.2) is 4.98 Å². The lowest BCUT2D eigenvalue weighted by Gasteiger charge is -2.04. The molecule has 0 fully saturated rings. The predicted molar refractivity (Wildman–Crippen MR) is 98.7 cm³/mol. The van der Waals surface area contributed by atoms with E-state index in [-0.39, 0.29) is 0 Å². The first-order chi connectivity index (χ1) is 13.3. The lowest BCUT2D eigenvalue weighted by molar-refractivity contribution is 0.357. The van der Waals surface area contributed by atoms with Crippen molar-refractivity contribution in [2.24, 2.45) is 0 Å². The Hall–Kier alpha value is -3.67. The fourth-order valence-electron chi connectivity index (χ4n) is 2.96. The highest BCUT2D eigenvalue weighted by molar-refractivity contribution is 5.61. The fourth-order valence-corrected chi connectivity index (χ4v) is 2.96. The topological polar surface area (TPSA) is 70.3 Å². The van der Waals surface area contributed by atoms with E-state index in [9.17, 15) is 0 Å². The van der Waals surface area contributed by atoms with Gasteiger partial charge in [-0.05, 0) is 48.0 Å². The highest BCUT2D eigenvalue weighted by Gasteiger charge is 2.16. The van der Waals surface area contributed by atoms with Crippen molar-refractivity contribution in [1.82, 2.24) is 15.1 Å². The highest BCUT2D eigenvalue weighted by Crippen LogP contribution is 2.30. The van der Waals surface area contributed by atoms with Crippen LogP contribution in [0, 0.1) is 0 Å². The molecule has 0 bridgehead atoms. The summed E-state index contributed by atoms with van der Waals surface area (Å²) in [5.74, 6) is 3.23. The van der Waals surface area contributed by atoms with Gasteiger partial charge in [-0.1, -0.05) is 23.4 Å². The van der Waals surface area contributed by atoms with Crippen molar-refractivity contribution >= 4 is 0 Å². The molecule has 1 aliphatic heterocycles. The molecule has 0 radical (unpaired) electrons. The molecule has 0 saturated carbocycles. The lowest BCUT2D eigenvalue weighted by Crippen LogP contribution is -1.88. The lowest BCUT2D eigenvalue weighted by atomic mass is 10.1. The third kappa shape index (κ3) is 3.13. The molecule has 27 heavy (non-hydrogen) atoms. The van der Waals surface area contributed by atoms with Gasteiger partial charge in [0, 0.05) is 12.0 Å². The van der Waals surface area contributed by atoms with Crippen LogP contribution in [0.3, 0.4) is 0 Å².